The number of rotatable bonds is 3. The fraction of sp³-hybridized carbons (Fsp3) is 0.0769. The average Bonchev–Trinajstić information content (AvgIpc) is 2.74. The Hall–Kier alpha value is -1.63. The van der Waals surface area contributed by atoms with Crippen LogP contribution in [0.3, 0.4) is 0 Å². The summed E-state index contributed by atoms with van der Waals surface area (Å²) in [7, 11) is 0. The Balaban J connectivity index is 2.35. The van der Waals surface area contributed by atoms with E-state index in [1.807, 2.05) is 0 Å². The van der Waals surface area contributed by atoms with Gasteiger partial charge in [0.05, 0.1) is 21.2 Å². The number of carbonyl (C=O) groups excluding carboxylic acids is 1. The van der Waals surface area contributed by atoms with Crippen LogP contribution in [0.25, 0.3) is 0 Å². The highest BCUT2D eigenvalue weighted by Gasteiger charge is 2.19. The molecule has 0 aliphatic heterocycles. The topological polar surface area (TPSA) is 66.4 Å². The molecule has 0 unspecified atom stereocenters. The SMILES string of the molecule is Cc1cc(C(=O)O)c(NC(=O)c2cc(F)c(Cl)cc2Cl)s1. The first kappa shape index (κ1) is 15.8. The van der Waals surface area contributed by atoms with Gasteiger partial charge in [0, 0.05) is 4.88 Å². The summed E-state index contributed by atoms with van der Waals surface area (Å²) < 4.78 is 13.4. The molecule has 1 aromatic carbocycles. The predicted molar refractivity (Wildman–Crippen MR) is 80.4 cm³/mol. The van der Waals surface area contributed by atoms with Gasteiger partial charge in [-0.1, -0.05) is 23.2 Å². The number of thiophene rings is 1. The molecule has 0 aliphatic rings. The zero-order valence-electron chi connectivity index (χ0n) is 10.5. The molecule has 2 rings (SSSR count). The van der Waals surface area contributed by atoms with Crippen molar-refractivity contribution in [2.75, 3.05) is 5.32 Å². The Morgan fingerprint density at radius 2 is 1.86 bits per heavy atom. The second kappa shape index (κ2) is 6.01. The van der Waals surface area contributed by atoms with E-state index in [2.05, 4.69) is 5.32 Å². The van der Waals surface area contributed by atoms with Crippen LogP contribution in [-0.2, 0) is 0 Å². The minimum Gasteiger partial charge on any atom is -0.478 e. The van der Waals surface area contributed by atoms with Crippen LogP contribution in [0, 0.1) is 12.7 Å². The molecule has 0 aliphatic carbocycles. The molecule has 1 aromatic heterocycles. The number of carboxylic acids is 1. The third kappa shape index (κ3) is 3.34. The molecule has 2 N–H and O–H groups in total. The van der Waals surface area contributed by atoms with Crippen molar-refractivity contribution >= 4 is 51.4 Å². The number of anilines is 1. The van der Waals surface area contributed by atoms with Gasteiger partial charge in [-0.05, 0) is 25.1 Å². The molecule has 2 aromatic rings. The molecule has 1 amide bonds. The van der Waals surface area contributed by atoms with E-state index in [0.29, 0.717) is 0 Å². The Morgan fingerprint density at radius 3 is 2.48 bits per heavy atom. The Bertz CT molecular complexity index is 745. The van der Waals surface area contributed by atoms with Crippen molar-refractivity contribution in [1.29, 1.82) is 0 Å². The van der Waals surface area contributed by atoms with Crippen molar-refractivity contribution in [3.63, 3.8) is 0 Å². The fourth-order valence-electron chi connectivity index (χ4n) is 1.63. The van der Waals surface area contributed by atoms with Gasteiger partial charge in [0.2, 0.25) is 0 Å². The lowest BCUT2D eigenvalue weighted by atomic mass is 10.2. The molecule has 0 atom stereocenters. The first-order valence-electron chi connectivity index (χ1n) is 5.59. The van der Waals surface area contributed by atoms with Crippen molar-refractivity contribution in [3.05, 3.63) is 50.1 Å². The van der Waals surface area contributed by atoms with Gasteiger partial charge in [-0.2, -0.15) is 0 Å². The van der Waals surface area contributed by atoms with Gasteiger partial charge in [0.25, 0.3) is 5.91 Å². The predicted octanol–water partition coefficient (Wildman–Crippen LogP) is 4.45. The molecule has 8 heteroatoms. The number of hydrogen-bond donors (Lipinski definition) is 2. The monoisotopic (exact) mass is 347 g/mol. The van der Waals surface area contributed by atoms with Crippen LogP contribution in [0.1, 0.15) is 25.6 Å². The number of carbonyl (C=O) groups is 2. The van der Waals surface area contributed by atoms with E-state index in [-0.39, 0.29) is 26.2 Å². The van der Waals surface area contributed by atoms with Crippen molar-refractivity contribution in [3.8, 4) is 0 Å². The second-order valence-corrected chi connectivity index (χ2v) is 6.18. The Labute approximate surface area is 133 Å². The molecule has 21 heavy (non-hydrogen) atoms. The van der Waals surface area contributed by atoms with E-state index in [9.17, 15) is 14.0 Å². The third-order valence-corrected chi connectivity index (χ3v) is 4.14. The van der Waals surface area contributed by atoms with Gasteiger partial charge in [-0.25, -0.2) is 9.18 Å². The average molecular weight is 348 g/mol. The van der Waals surface area contributed by atoms with Gasteiger partial charge in [0.1, 0.15) is 10.8 Å². The number of amides is 1. The van der Waals surface area contributed by atoms with Gasteiger partial charge in [0.15, 0.2) is 0 Å². The molecule has 0 spiro atoms. The molecule has 0 saturated carbocycles. The smallest absolute Gasteiger partial charge is 0.338 e. The third-order valence-electron chi connectivity index (χ3n) is 2.57. The maximum atomic E-state index is 13.4. The lowest BCUT2D eigenvalue weighted by molar-refractivity contribution is 0.0698. The number of aromatic carboxylic acids is 1. The van der Waals surface area contributed by atoms with E-state index in [1.165, 1.54) is 6.07 Å². The number of nitrogens with one attached hydrogen (secondary N) is 1. The molecule has 0 fully saturated rings. The van der Waals surface area contributed by atoms with Gasteiger partial charge >= 0.3 is 5.97 Å². The molecule has 0 saturated heterocycles. The maximum Gasteiger partial charge on any atom is 0.338 e. The summed E-state index contributed by atoms with van der Waals surface area (Å²) in [6, 6.07) is 3.46. The quantitative estimate of drug-likeness (QED) is 0.805. The first-order valence-corrected chi connectivity index (χ1v) is 7.16. The van der Waals surface area contributed by atoms with Crippen LogP contribution in [0.5, 0.6) is 0 Å². The van der Waals surface area contributed by atoms with Crippen LogP contribution >= 0.6 is 34.5 Å². The number of hydrogen-bond acceptors (Lipinski definition) is 3. The zero-order valence-corrected chi connectivity index (χ0v) is 12.9. The van der Waals surface area contributed by atoms with E-state index in [0.717, 1.165) is 28.3 Å². The Morgan fingerprint density at radius 1 is 1.19 bits per heavy atom. The first-order chi connectivity index (χ1) is 9.79. The number of halogens is 3. The molecule has 4 nitrogen and oxygen atoms in total. The number of benzene rings is 1. The van der Waals surface area contributed by atoms with E-state index < -0.39 is 17.7 Å². The Kier molecular flexibility index (Phi) is 4.51. The molecule has 110 valence electrons. The highest BCUT2D eigenvalue weighted by Crippen LogP contribution is 2.30. The fourth-order valence-corrected chi connectivity index (χ4v) is 3.00. The largest absolute Gasteiger partial charge is 0.478 e. The van der Waals surface area contributed by atoms with Crippen LogP contribution in [-0.4, -0.2) is 17.0 Å². The van der Waals surface area contributed by atoms with E-state index in [4.69, 9.17) is 28.3 Å². The van der Waals surface area contributed by atoms with Crippen LogP contribution in [0.4, 0.5) is 9.39 Å². The van der Waals surface area contributed by atoms with E-state index in [1.54, 1.807) is 6.92 Å². The lowest BCUT2D eigenvalue weighted by Crippen LogP contribution is -2.14. The normalized spacial score (nSPS) is 10.5. The molecule has 1 heterocycles. The summed E-state index contributed by atoms with van der Waals surface area (Å²) in [6.07, 6.45) is 0. The molecule has 0 radical (unpaired) electrons. The molecular formula is C13H8Cl2FNO3S. The minimum atomic E-state index is -1.16. The number of aryl methyl sites for hydroxylation is 1. The van der Waals surface area contributed by atoms with Gasteiger partial charge < -0.3 is 10.4 Å². The van der Waals surface area contributed by atoms with Crippen LogP contribution in [0.2, 0.25) is 10.0 Å². The van der Waals surface area contributed by atoms with E-state index >= 15 is 0 Å². The van der Waals surface area contributed by atoms with Crippen molar-refractivity contribution < 1.29 is 19.1 Å². The van der Waals surface area contributed by atoms with Crippen LogP contribution < -0.4 is 5.32 Å². The van der Waals surface area contributed by atoms with Crippen molar-refractivity contribution in [2.24, 2.45) is 0 Å². The lowest BCUT2D eigenvalue weighted by Gasteiger charge is -2.07. The zero-order chi connectivity index (χ0) is 15.7. The summed E-state index contributed by atoms with van der Waals surface area (Å²) in [6.45, 7) is 1.71. The minimum absolute atomic E-state index is 0.0240. The number of carboxylic acid groups (broad SMARTS) is 1. The maximum absolute atomic E-state index is 13.4. The molecular weight excluding hydrogens is 340 g/mol. The molecule has 0 bridgehead atoms. The van der Waals surface area contributed by atoms with Crippen LogP contribution in [0.15, 0.2) is 18.2 Å². The summed E-state index contributed by atoms with van der Waals surface area (Å²) in [4.78, 5) is 23.9. The second-order valence-electron chi connectivity index (χ2n) is 4.11. The van der Waals surface area contributed by atoms with Gasteiger partial charge in [-0.3, -0.25) is 4.79 Å². The summed E-state index contributed by atoms with van der Waals surface area (Å²) in [5.41, 5.74) is -0.155. The standard InChI is InChI=1S/C13H8Cl2FNO3S/c1-5-2-7(13(19)20)12(21-5)17-11(18)6-3-10(16)9(15)4-8(6)14/h2-4H,1H3,(H,17,18)(H,19,20). The summed E-state index contributed by atoms with van der Waals surface area (Å²) in [5, 5.41) is 11.4. The summed E-state index contributed by atoms with van der Waals surface area (Å²) >= 11 is 12.5. The van der Waals surface area contributed by atoms with Gasteiger partial charge in [-0.15, -0.1) is 11.3 Å². The summed E-state index contributed by atoms with van der Waals surface area (Å²) in [5.74, 6) is -2.66. The van der Waals surface area contributed by atoms with Crippen molar-refractivity contribution in [1.82, 2.24) is 0 Å². The highest BCUT2D eigenvalue weighted by molar-refractivity contribution is 7.16. The highest BCUT2D eigenvalue weighted by atomic mass is 35.5. The van der Waals surface area contributed by atoms with Crippen molar-refractivity contribution in [2.45, 2.75) is 6.92 Å².